The van der Waals surface area contributed by atoms with Gasteiger partial charge in [-0.3, -0.25) is 28.8 Å². The topological polar surface area (TPSA) is 269 Å². The highest BCUT2D eigenvalue weighted by Crippen LogP contribution is 2.70. The number of carbonyl (C=O) groups excluding carboxylic acids is 5. The van der Waals surface area contributed by atoms with E-state index < -0.39 is 89.1 Å². The van der Waals surface area contributed by atoms with Gasteiger partial charge in [-0.05, 0) is 118 Å². The number of carbonyl (C=O) groups is 6. The maximum absolute atomic E-state index is 14.1. The number of nitrogens with zero attached hydrogens (tertiary/aromatic N) is 4. The number of Topliss-reactive ketones (excluding diaryl/α,β-unsaturated/α-hetero) is 1. The Morgan fingerprint density at radius 2 is 1.60 bits per heavy atom. The van der Waals surface area contributed by atoms with Crippen LogP contribution in [0.3, 0.4) is 0 Å². The molecule has 1 aromatic heterocycles. The van der Waals surface area contributed by atoms with Crippen LogP contribution in [0, 0.1) is 34.0 Å². The number of hydrogen-bond donors (Lipinski definition) is 6. The molecule has 18 heteroatoms. The van der Waals surface area contributed by atoms with E-state index in [0.29, 0.717) is 29.8 Å². The summed E-state index contributed by atoms with van der Waals surface area (Å²) in [5.41, 5.74) is 1.16. The first kappa shape index (κ1) is 49.5. The zero-order chi connectivity index (χ0) is 50.6. The van der Waals surface area contributed by atoms with Crippen molar-refractivity contribution in [1.82, 2.24) is 36.3 Å². The Bertz CT molecular complexity index is 2670. The highest BCUT2D eigenvalue weighted by Gasteiger charge is 2.76. The fourth-order valence-electron chi connectivity index (χ4n) is 14.4. The molecule has 3 amide bonds. The summed E-state index contributed by atoms with van der Waals surface area (Å²) in [4.78, 5) is 77.6. The molecule has 7 fully saturated rings. The van der Waals surface area contributed by atoms with Crippen molar-refractivity contribution in [3.63, 3.8) is 0 Å². The molecule has 7 aliphatic carbocycles. The molecule has 18 nitrogen and oxygen atoms in total. The lowest BCUT2D eigenvalue weighted by atomic mass is 9.46. The number of benzene rings is 2. The first-order valence-electron chi connectivity index (χ1n) is 25.4. The van der Waals surface area contributed by atoms with E-state index in [-0.39, 0.29) is 48.2 Å². The van der Waals surface area contributed by atoms with E-state index in [4.69, 9.17) is 9.47 Å². The molecule has 2 bridgehead atoms. The lowest BCUT2D eigenvalue weighted by Gasteiger charge is -2.59. The number of nitrogens with one attached hydrogen (secondary N) is 3. The molecule has 3 aromatic rings. The molecule has 6 saturated carbocycles. The molecule has 0 spiro atoms. The summed E-state index contributed by atoms with van der Waals surface area (Å²) in [5.74, 6) is -2.74. The van der Waals surface area contributed by atoms with E-state index in [1.165, 1.54) is 6.33 Å². The lowest BCUT2D eigenvalue weighted by molar-refractivity contribution is -0.201. The van der Waals surface area contributed by atoms with E-state index in [0.717, 1.165) is 74.5 Å². The second-order valence-electron chi connectivity index (χ2n) is 22.1. The predicted molar refractivity (Wildman–Crippen MR) is 257 cm³/mol. The molecule has 6 N–H and O–H groups in total. The van der Waals surface area contributed by atoms with Crippen LogP contribution >= 0.6 is 0 Å². The van der Waals surface area contributed by atoms with Crippen LogP contribution in [0.2, 0.25) is 0 Å². The number of amides is 3. The highest BCUT2D eigenvalue weighted by atomic mass is 16.7. The molecule has 380 valence electrons. The first-order chi connectivity index (χ1) is 34.5. The Balaban J connectivity index is 0.731. The number of allylic oxidation sites excluding steroid dienone is 4. The van der Waals surface area contributed by atoms with Gasteiger partial charge in [0, 0.05) is 39.8 Å². The van der Waals surface area contributed by atoms with Gasteiger partial charge in [0.2, 0.25) is 23.5 Å². The van der Waals surface area contributed by atoms with Gasteiger partial charge in [0.25, 0.3) is 0 Å². The number of aromatic nitrogens is 4. The number of aliphatic hydroxyl groups is 2. The quantitative estimate of drug-likeness (QED) is 0.118. The fourth-order valence-corrected chi connectivity index (χ4v) is 14.4. The largest absolute Gasteiger partial charge is 0.481 e. The lowest BCUT2D eigenvalue weighted by Crippen LogP contribution is -2.63. The Hall–Kier alpha value is -6.08. The molecule has 10 atom stereocenters. The highest BCUT2D eigenvalue weighted by molar-refractivity contribution is 6.01. The van der Waals surface area contributed by atoms with Crippen LogP contribution in [-0.4, -0.2) is 114 Å². The van der Waals surface area contributed by atoms with Gasteiger partial charge >= 0.3 is 5.97 Å². The van der Waals surface area contributed by atoms with Crippen molar-refractivity contribution < 1.29 is 53.6 Å². The summed E-state index contributed by atoms with van der Waals surface area (Å²) in [6.45, 7) is 3.05. The van der Waals surface area contributed by atoms with Crippen LogP contribution in [0.15, 0.2) is 78.7 Å². The number of fused-ring (bicyclic) bond motifs is 10. The maximum atomic E-state index is 14.1. The molecular formula is C54H63N7O11. The third-order valence-corrected chi connectivity index (χ3v) is 18.1. The summed E-state index contributed by atoms with van der Waals surface area (Å²) in [6, 6.07) is 14.0. The molecule has 1 aliphatic heterocycles. The molecule has 1 saturated heterocycles. The zero-order valence-electron chi connectivity index (χ0n) is 40.7. The summed E-state index contributed by atoms with van der Waals surface area (Å²) in [5, 5.41) is 55.6. The van der Waals surface area contributed by atoms with Crippen molar-refractivity contribution in [3.05, 3.63) is 95.3 Å². The summed E-state index contributed by atoms with van der Waals surface area (Å²) in [6.07, 6.45) is 11.9. The number of carboxylic acid groups (broad SMARTS) is 1. The number of ether oxygens (including phenoxy) is 2. The Labute approximate surface area is 417 Å². The number of rotatable bonds is 16. The van der Waals surface area contributed by atoms with Crippen molar-refractivity contribution in [3.8, 4) is 11.4 Å². The van der Waals surface area contributed by atoms with Gasteiger partial charge in [-0.25, -0.2) is 0 Å². The Morgan fingerprint density at radius 3 is 2.28 bits per heavy atom. The van der Waals surface area contributed by atoms with Gasteiger partial charge in [0.1, 0.15) is 12.6 Å². The number of aliphatic hydroxyl groups excluding tert-OH is 2. The molecule has 2 aromatic carbocycles. The van der Waals surface area contributed by atoms with E-state index in [1.807, 2.05) is 25.1 Å². The van der Waals surface area contributed by atoms with Crippen molar-refractivity contribution in [2.75, 3.05) is 13.2 Å². The van der Waals surface area contributed by atoms with Gasteiger partial charge in [0.05, 0.1) is 25.2 Å². The predicted octanol–water partition coefficient (Wildman–Crippen LogP) is 4.00. The third-order valence-electron chi connectivity index (χ3n) is 18.1. The van der Waals surface area contributed by atoms with Gasteiger partial charge in [-0.15, -0.1) is 20.4 Å². The van der Waals surface area contributed by atoms with E-state index in [9.17, 15) is 44.1 Å². The minimum atomic E-state index is -1.44. The van der Waals surface area contributed by atoms with Gasteiger partial charge < -0.3 is 40.7 Å². The SMILES string of the molecule is C[C@]12C=CC(=O)C=C1CC[C@@H]1[C@@H]2[C@@H](O)C[C@@]2(C)[C@H]1C[C@H]1O[C@@H](c3ccc(CC45CCC(NC(=O)[C@H](CCC(=O)O)NC(=O)CNC(=O)Cc6ccc(-c7nncnn7)cc6)(CC4)CC5)cc3)O[C@]12C(=O)CO. The van der Waals surface area contributed by atoms with Crippen LogP contribution in [-0.2, 0) is 51.1 Å². The minimum absolute atomic E-state index is 0.00204. The zero-order valence-corrected chi connectivity index (χ0v) is 40.7. The minimum Gasteiger partial charge on any atom is -0.481 e. The molecule has 0 unspecified atom stereocenters. The number of carboxylic acids is 1. The van der Waals surface area contributed by atoms with Crippen LogP contribution in [0.1, 0.15) is 114 Å². The second kappa shape index (κ2) is 19.1. The molecule has 2 heterocycles. The average Bonchev–Trinajstić information content (AvgIpc) is 3.88. The van der Waals surface area contributed by atoms with Gasteiger partial charge in [0.15, 0.2) is 29.8 Å². The van der Waals surface area contributed by atoms with E-state index in [2.05, 4.69) is 55.4 Å². The smallest absolute Gasteiger partial charge is 0.303 e. The summed E-state index contributed by atoms with van der Waals surface area (Å²) >= 11 is 0. The number of hydrogen-bond acceptors (Lipinski definition) is 14. The Morgan fingerprint density at radius 1 is 0.903 bits per heavy atom. The van der Waals surface area contributed by atoms with E-state index >= 15 is 0 Å². The van der Waals surface area contributed by atoms with Crippen LogP contribution in [0.4, 0.5) is 0 Å². The van der Waals surface area contributed by atoms with Crippen LogP contribution in [0.25, 0.3) is 11.4 Å². The van der Waals surface area contributed by atoms with Crippen molar-refractivity contribution >= 4 is 35.3 Å². The standard InChI is InChI=1S/C54H63N7O11/c1-50-16-15-36(63)24-35(50)11-12-37-38-25-42-54(41(65)29-62,51(38,2)27-40(64)46(37)50)72-49(71-42)34-9-5-32(6-10-34)26-52-17-20-53(21-18-52,22-19-52)59-48(70)39(13-14-45(68)69)58-44(67)28-55-43(66)23-31-3-7-33(8-4-31)47-60-56-30-57-61-47/h3-10,15-16,24,30,37-40,42,46,49,62,64H,11-14,17-23,25-29H2,1-2H3,(H,55,66)(H,58,67)(H,59,70)(H,68,69)/t37-,38-,39-,40-,42+,46+,49+,50-,51-,52?,53?,54+/m0/s1. The van der Waals surface area contributed by atoms with Crippen LogP contribution in [0.5, 0.6) is 0 Å². The third kappa shape index (κ3) is 8.87. The summed E-state index contributed by atoms with van der Waals surface area (Å²) < 4.78 is 13.5. The maximum Gasteiger partial charge on any atom is 0.303 e. The first-order valence-corrected chi connectivity index (χ1v) is 25.4. The monoisotopic (exact) mass is 985 g/mol. The van der Waals surface area contributed by atoms with Gasteiger partial charge in [-0.1, -0.05) is 74.0 Å². The second-order valence-corrected chi connectivity index (χ2v) is 22.1. The normalized spacial score (nSPS) is 34.4. The fraction of sp³-hybridized carbons (Fsp3) is 0.556. The van der Waals surface area contributed by atoms with E-state index in [1.54, 1.807) is 36.4 Å². The molecule has 11 rings (SSSR count). The Kier molecular flexibility index (Phi) is 13.1. The average molecular weight is 986 g/mol. The molecule has 72 heavy (non-hydrogen) atoms. The molecule has 8 aliphatic rings. The number of aliphatic carboxylic acids is 1. The number of ketones is 2. The van der Waals surface area contributed by atoms with Crippen molar-refractivity contribution in [2.24, 2.45) is 34.0 Å². The van der Waals surface area contributed by atoms with Crippen molar-refractivity contribution in [1.29, 1.82) is 0 Å². The molecular weight excluding hydrogens is 923 g/mol. The van der Waals surface area contributed by atoms with Crippen molar-refractivity contribution in [2.45, 2.75) is 139 Å². The van der Waals surface area contributed by atoms with Crippen LogP contribution < -0.4 is 16.0 Å². The molecule has 0 radical (unpaired) electrons. The summed E-state index contributed by atoms with van der Waals surface area (Å²) in [7, 11) is 0. The van der Waals surface area contributed by atoms with Gasteiger partial charge in [-0.2, -0.15) is 0 Å².